The molecule has 0 aromatic heterocycles. The summed E-state index contributed by atoms with van der Waals surface area (Å²) in [6.45, 7) is 2.24. The molecule has 0 aliphatic carbocycles. The van der Waals surface area contributed by atoms with Gasteiger partial charge in [0.1, 0.15) is 11.6 Å². The molecular weight excluding hydrogens is 254 g/mol. The van der Waals surface area contributed by atoms with Crippen LogP contribution in [0.15, 0.2) is 18.2 Å². The molecule has 0 unspecified atom stereocenters. The summed E-state index contributed by atoms with van der Waals surface area (Å²) >= 11 is 0. The molecule has 1 heterocycles. The zero-order chi connectivity index (χ0) is 13.8. The number of hydrogen-bond acceptors (Lipinski definition) is 3. The minimum atomic E-state index is -0.710. The first kappa shape index (κ1) is 13.6. The van der Waals surface area contributed by atoms with Crippen LogP contribution in [-0.4, -0.2) is 54.7 Å². The van der Waals surface area contributed by atoms with Gasteiger partial charge in [0, 0.05) is 26.2 Å². The number of halogens is 2. The van der Waals surface area contributed by atoms with E-state index in [-0.39, 0.29) is 12.1 Å². The van der Waals surface area contributed by atoms with Gasteiger partial charge in [-0.1, -0.05) is 0 Å². The molecule has 1 fully saturated rings. The van der Waals surface area contributed by atoms with Crippen molar-refractivity contribution in [1.29, 1.82) is 0 Å². The second-order valence-electron chi connectivity index (χ2n) is 4.46. The molecule has 1 saturated heterocycles. The Morgan fingerprint density at radius 2 is 1.89 bits per heavy atom. The first-order valence-corrected chi connectivity index (χ1v) is 6.00. The van der Waals surface area contributed by atoms with Crippen LogP contribution in [0.4, 0.5) is 8.78 Å². The molecule has 0 spiro atoms. The Morgan fingerprint density at radius 3 is 2.53 bits per heavy atom. The lowest BCUT2D eigenvalue weighted by atomic mass is 10.1. The van der Waals surface area contributed by atoms with E-state index in [4.69, 9.17) is 0 Å². The third-order valence-electron chi connectivity index (χ3n) is 3.15. The van der Waals surface area contributed by atoms with Gasteiger partial charge in [-0.05, 0) is 18.2 Å². The van der Waals surface area contributed by atoms with Crippen molar-refractivity contribution in [3.8, 4) is 0 Å². The topological polar surface area (TPSA) is 40.6 Å². The SMILES string of the molecule is O=CN1CCN(CC(=O)c2cc(F)ccc2F)CC1. The van der Waals surface area contributed by atoms with Crippen LogP contribution < -0.4 is 0 Å². The van der Waals surface area contributed by atoms with E-state index in [1.165, 1.54) is 0 Å². The quantitative estimate of drug-likeness (QED) is 0.602. The van der Waals surface area contributed by atoms with E-state index in [9.17, 15) is 18.4 Å². The number of carbonyl (C=O) groups is 2. The maximum atomic E-state index is 13.4. The Labute approximate surface area is 109 Å². The summed E-state index contributed by atoms with van der Waals surface area (Å²) in [5, 5.41) is 0. The van der Waals surface area contributed by atoms with Crippen molar-refractivity contribution in [2.45, 2.75) is 0 Å². The Morgan fingerprint density at radius 1 is 1.21 bits per heavy atom. The van der Waals surface area contributed by atoms with Gasteiger partial charge in [-0.15, -0.1) is 0 Å². The van der Waals surface area contributed by atoms with Crippen LogP contribution in [0.25, 0.3) is 0 Å². The lowest BCUT2D eigenvalue weighted by Crippen LogP contribution is -2.47. The van der Waals surface area contributed by atoms with E-state index in [0.717, 1.165) is 24.6 Å². The average molecular weight is 268 g/mol. The third kappa shape index (κ3) is 3.35. The highest BCUT2D eigenvalue weighted by atomic mass is 19.1. The van der Waals surface area contributed by atoms with Crippen molar-refractivity contribution in [2.75, 3.05) is 32.7 Å². The fraction of sp³-hybridized carbons (Fsp3) is 0.385. The van der Waals surface area contributed by atoms with Crippen LogP contribution in [0.1, 0.15) is 10.4 Å². The summed E-state index contributed by atoms with van der Waals surface area (Å²) in [6, 6.07) is 2.85. The Bertz CT molecular complexity index is 486. The van der Waals surface area contributed by atoms with E-state index in [1.54, 1.807) is 4.90 Å². The molecule has 1 aromatic rings. The number of piperazine rings is 1. The van der Waals surface area contributed by atoms with Gasteiger partial charge < -0.3 is 4.90 Å². The van der Waals surface area contributed by atoms with Crippen LogP contribution in [0.5, 0.6) is 0 Å². The Hall–Kier alpha value is -1.82. The van der Waals surface area contributed by atoms with Crippen molar-refractivity contribution in [3.05, 3.63) is 35.4 Å². The minimum Gasteiger partial charge on any atom is -0.343 e. The summed E-state index contributed by atoms with van der Waals surface area (Å²) in [5.74, 6) is -1.79. The van der Waals surface area contributed by atoms with Gasteiger partial charge in [0.15, 0.2) is 5.78 Å². The van der Waals surface area contributed by atoms with Crippen molar-refractivity contribution in [2.24, 2.45) is 0 Å². The van der Waals surface area contributed by atoms with Gasteiger partial charge in [-0.3, -0.25) is 14.5 Å². The van der Waals surface area contributed by atoms with Crippen molar-refractivity contribution in [3.63, 3.8) is 0 Å². The number of hydrogen-bond donors (Lipinski definition) is 0. The summed E-state index contributed by atoms with van der Waals surface area (Å²) in [5.41, 5.74) is -0.224. The van der Waals surface area contributed by atoms with Gasteiger partial charge in [0.05, 0.1) is 12.1 Å². The van der Waals surface area contributed by atoms with Crippen LogP contribution in [0, 0.1) is 11.6 Å². The normalized spacial score (nSPS) is 16.4. The van der Waals surface area contributed by atoms with Gasteiger partial charge in [-0.25, -0.2) is 8.78 Å². The number of benzene rings is 1. The van der Waals surface area contributed by atoms with E-state index in [2.05, 4.69) is 0 Å². The average Bonchev–Trinajstić information content (AvgIpc) is 2.42. The molecule has 1 aliphatic heterocycles. The van der Waals surface area contributed by atoms with Crippen molar-refractivity contribution in [1.82, 2.24) is 9.80 Å². The number of amides is 1. The summed E-state index contributed by atoms with van der Waals surface area (Å²) in [4.78, 5) is 25.9. The highest BCUT2D eigenvalue weighted by molar-refractivity contribution is 5.97. The number of rotatable bonds is 4. The summed E-state index contributed by atoms with van der Waals surface area (Å²) in [7, 11) is 0. The molecule has 1 aliphatic rings. The Balaban J connectivity index is 1.98. The zero-order valence-corrected chi connectivity index (χ0v) is 10.3. The second-order valence-corrected chi connectivity index (χ2v) is 4.46. The predicted octanol–water partition coefficient (Wildman–Crippen LogP) is 0.921. The number of Topliss-reactive ketones (excluding diaryl/α,β-unsaturated/α-hetero) is 1. The highest BCUT2D eigenvalue weighted by Gasteiger charge is 2.20. The van der Waals surface area contributed by atoms with E-state index >= 15 is 0 Å². The third-order valence-corrected chi connectivity index (χ3v) is 3.15. The molecule has 0 atom stereocenters. The van der Waals surface area contributed by atoms with Gasteiger partial charge in [-0.2, -0.15) is 0 Å². The zero-order valence-electron chi connectivity index (χ0n) is 10.3. The summed E-state index contributed by atoms with van der Waals surface area (Å²) in [6.07, 6.45) is 0.769. The second kappa shape index (κ2) is 5.88. The van der Waals surface area contributed by atoms with Crippen LogP contribution in [0.2, 0.25) is 0 Å². The van der Waals surface area contributed by atoms with E-state index < -0.39 is 17.4 Å². The highest BCUT2D eigenvalue weighted by Crippen LogP contribution is 2.11. The van der Waals surface area contributed by atoms with E-state index in [1.807, 2.05) is 4.90 Å². The van der Waals surface area contributed by atoms with Crippen molar-refractivity contribution >= 4 is 12.2 Å². The molecule has 0 bridgehead atoms. The molecule has 4 nitrogen and oxygen atoms in total. The molecule has 1 amide bonds. The molecule has 19 heavy (non-hydrogen) atoms. The molecule has 1 aromatic carbocycles. The molecule has 2 rings (SSSR count). The minimum absolute atomic E-state index is 0.0348. The Kier molecular flexibility index (Phi) is 4.21. The smallest absolute Gasteiger partial charge is 0.209 e. The fourth-order valence-corrected chi connectivity index (χ4v) is 2.03. The lowest BCUT2D eigenvalue weighted by molar-refractivity contribution is -0.119. The van der Waals surface area contributed by atoms with Crippen LogP contribution in [0.3, 0.4) is 0 Å². The largest absolute Gasteiger partial charge is 0.343 e. The molecule has 0 N–H and O–H groups in total. The number of ketones is 1. The van der Waals surface area contributed by atoms with Gasteiger partial charge in [0.25, 0.3) is 0 Å². The molecule has 6 heteroatoms. The van der Waals surface area contributed by atoms with E-state index in [0.29, 0.717) is 26.2 Å². The maximum Gasteiger partial charge on any atom is 0.209 e. The number of nitrogens with zero attached hydrogens (tertiary/aromatic N) is 2. The lowest BCUT2D eigenvalue weighted by Gasteiger charge is -2.31. The fourth-order valence-electron chi connectivity index (χ4n) is 2.03. The first-order chi connectivity index (χ1) is 9.10. The maximum absolute atomic E-state index is 13.4. The molecule has 0 radical (unpaired) electrons. The number of carbonyl (C=O) groups excluding carboxylic acids is 2. The molecule has 0 saturated carbocycles. The van der Waals surface area contributed by atoms with Crippen LogP contribution in [-0.2, 0) is 4.79 Å². The summed E-state index contributed by atoms with van der Waals surface area (Å²) < 4.78 is 26.4. The van der Waals surface area contributed by atoms with Crippen LogP contribution >= 0.6 is 0 Å². The van der Waals surface area contributed by atoms with Crippen molar-refractivity contribution < 1.29 is 18.4 Å². The van der Waals surface area contributed by atoms with Gasteiger partial charge in [0.2, 0.25) is 6.41 Å². The first-order valence-electron chi connectivity index (χ1n) is 6.00. The van der Waals surface area contributed by atoms with Gasteiger partial charge >= 0.3 is 0 Å². The standard InChI is InChI=1S/C13H14F2N2O2/c14-10-1-2-12(15)11(7-10)13(19)8-16-3-5-17(9-18)6-4-16/h1-2,7,9H,3-6,8H2. The molecule has 102 valence electrons. The predicted molar refractivity (Wildman–Crippen MR) is 64.8 cm³/mol. The monoisotopic (exact) mass is 268 g/mol. The molecular formula is C13H14F2N2O2.